The van der Waals surface area contributed by atoms with Crippen LogP contribution in [0.1, 0.15) is 50.8 Å². The Labute approximate surface area is 166 Å². The molecule has 1 atom stereocenters. The predicted octanol–water partition coefficient (Wildman–Crippen LogP) is 3.97. The van der Waals surface area contributed by atoms with Crippen molar-refractivity contribution in [2.75, 3.05) is 5.32 Å². The highest BCUT2D eigenvalue weighted by Crippen LogP contribution is 2.34. The van der Waals surface area contributed by atoms with Gasteiger partial charge in [0.2, 0.25) is 5.95 Å². The molecule has 0 saturated carbocycles. The maximum Gasteiger partial charge on any atom is 0.387 e. The maximum atomic E-state index is 12.5. The van der Waals surface area contributed by atoms with E-state index in [-0.39, 0.29) is 22.9 Å². The van der Waals surface area contributed by atoms with Crippen LogP contribution in [0.5, 0.6) is 5.75 Å². The van der Waals surface area contributed by atoms with Crippen molar-refractivity contribution in [3.8, 4) is 5.75 Å². The van der Waals surface area contributed by atoms with Gasteiger partial charge in [-0.25, -0.2) is 4.68 Å². The number of hydrogen-bond acceptors (Lipinski definition) is 5. The van der Waals surface area contributed by atoms with Gasteiger partial charge in [-0.1, -0.05) is 6.07 Å². The highest BCUT2D eigenvalue weighted by atomic mass is 19.3. The fourth-order valence-electron chi connectivity index (χ4n) is 3.76. The molecule has 0 aliphatic heterocycles. The van der Waals surface area contributed by atoms with E-state index in [1.165, 1.54) is 6.20 Å². The van der Waals surface area contributed by atoms with Crippen LogP contribution >= 0.6 is 0 Å². The molecule has 0 spiro atoms. The molecule has 3 aromatic rings. The third kappa shape index (κ3) is 3.81. The molecule has 9 heteroatoms. The molecule has 154 valence electrons. The molecule has 2 aromatic heterocycles. The summed E-state index contributed by atoms with van der Waals surface area (Å²) in [6, 6.07) is 4.90. The van der Waals surface area contributed by atoms with Crippen molar-refractivity contribution in [1.82, 2.24) is 19.7 Å². The minimum absolute atomic E-state index is 0.0917. The quantitative estimate of drug-likeness (QED) is 0.689. The van der Waals surface area contributed by atoms with Crippen LogP contribution in [0.3, 0.4) is 0 Å². The lowest BCUT2D eigenvalue weighted by Crippen LogP contribution is -2.25. The van der Waals surface area contributed by atoms with Gasteiger partial charge in [0, 0.05) is 0 Å². The molecular weight excluding hydrogens is 380 g/mol. The lowest BCUT2D eigenvalue weighted by molar-refractivity contribution is -0.0499. The van der Waals surface area contributed by atoms with E-state index in [2.05, 4.69) is 25.1 Å². The zero-order valence-electron chi connectivity index (χ0n) is 16.5. The highest BCUT2D eigenvalue weighted by Gasteiger charge is 2.24. The summed E-state index contributed by atoms with van der Waals surface area (Å²) < 4.78 is 31.2. The molecule has 0 radical (unpaired) electrons. The fourth-order valence-corrected chi connectivity index (χ4v) is 3.76. The van der Waals surface area contributed by atoms with Crippen LogP contribution in [0, 0.1) is 0 Å². The number of halogens is 2. The number of aryl methyl sites for hydroxylation is 1. The lowest BCUT2D eigenvalue weighted by Gasteiger charge is -2.27. The molecule has 29 heavy (non-hydrogen) atoms. The summed E-state index contributed by atoms with van der Waals surface area (Å²) in [5.74, 6) is 0.515. The number of anilines is 1. The summed E-state index contributed by atoms with van der Waals surface area (Å²) in [5.41, 5.74) is 1.88. The summed E-state index contributed by atoms with van der Waals surface area (Å²) in [5, 5.41) is 8.05. The first-order chi connectivity index (χ1) is 13.7. The zero-order valence-corrected chi connectivity index (χ0v) is 16.5. The summed E-state index contributed by atoms with van der Waals surface area (Å²) in [6.45, 7) is 3.13. The van der Waals surface area contributed by atoms with Crippen LogP contribution in [0.2, 0.25) is 0 Å². The molecule has 0 saturated heterocycles. The van der Waals surface area contributed by atoms with Crippen LogP contribution in [0.15, 0.2) is 29.2 Å². The van der Waals surface area contributed by atoms with Gasteiger partial charge in [0.1, 0.15) is 11.1 Å². The van der Waals surface area contributed by atoms with E-state index in [9.17, 15) is 13.6 Å². The predicted molar refractivity (Wildman–Crippen MR) is 106 cm³/mol. The first-order valence-electron chi connectivity index (χ1n) is 9.55. The Kier molecular flexibility index (Phi) is 4.76. The summed E-state index contributed by atoms with van der Waals surface area (Å²) in [6.07, 6.45) is 4.03. The average molecular weight is 403 g/mol. The van der Waals surface area contributed by atoms with Crippen molar-refractivity contribution in [2.24, 2.45) is 0 Å². The van der Waals surface area contributed by atoms with Gasteiger partial charge >= 0.3 is 6.61 Å². The summed E-state index contributed by atoms with van der Waals surface area (Å²) >= 11 is 0. The Bertz CT molecular complexity index is 1100. The smallest absolute Gasteiger partial charge is 0.387 e. The minimum atomic E-state index is -2.85. The Morgan fingerprint density at radius 3 is 2.86 bits per heavy atom. The first kappa shape index (κ1) is 19.4. The number of aromatic nitrogens is 4. The largest absolute Gasteiger partial charge is 0.435 e. The molecule has 1 aromatic carbocycles. The standard InChI is InChI=1S/C20H23F2N5O2/c1-20(2,3)27-16-14(10-23-27)17(28)26-19(25-16)24-15-6-4-5-11-9-12(29-18(21)22)7-8-13(11)15/h7-10,15,18H,4-6H2,1-3H3,(H2,24,25,26,28). The van der Waals surface area contributed by atoms with Gasteiger partial charge in [-0.15, -0.1) is 0 Å². The van der Waals surface area contributed by atoms with Crippen LogP contribution < -0.4 is 15.6 Å². The van der Waals surface area contributed by atoms with Crippen molar-refractivity contribution < 1.29 is 13.5 Å². The monoisotopic (exact) mass is 403 g/mol. The van der Waals surface area contributed by atoms with Crippen LogP contribution in [0.4, 0.5) is 14.7 Å². The second kappa shape index (κ2) is 7.13. The number of hydrogen-bond donors (Lipinski definition) is 2. The molecule has 1 aliphatic rings. The van der Waals surface area contributed by atoms with E-state index in [1.807, 2.05) is 20.8 Å². The normalized spacial score (nSPS) is 16.8. The van der Waals surface area contributed by atoms with Gasteiger partial charge in [0.15, 0.2) is 5.65 Å². The SMILES string of the molecule is CC(C)(C)n1ncc2c(=O)[nH]c(NC3CCCc4cc(OC(F)F)ccc43)nc21. The van der Waals surface area contributed by atoms with E-state index in [4.69, 9.17) is 0 Å². The van der Waals surface area contributed by atoms with Gasteiger partial charge in [-0.2, -0.15) is 18.9 Å². The van der Waals surface area contributed by atoms with Gasteiger partial charge in [0.05, 0.1) is 17.8 Å². The number of benzene rings is 1. The number of nitrogens with zero attached hydrogens (tertiary/aromatic N) is 3. The Balaban J connectivity index is 1.67. The van der Waals surface area contributed by atoms with Crippen LogP contribution in [-0.2, 0) is 12.0 Å². The Morgan fingerprint density at radius 1 is 1.34 bits per heavy atom. The zero-order chi connectivity index (χ0) is 20.8. The molecule has 0 amide bonds. The number of nitrogens with one attached hydrogen (secondary N) is 2. The van der Waals surface area contributed by atoms with Gasteiger partial charge in [-0.05, 0) is 63.3 Å². The second-order valence-electron chi connectivity index (χ2n) is 8.21. The molecular formula is C20H23F2N5O2. The topological polar surface area (TPSA) is 84.8 Å². The van der Waals surface area contributed by atoms with E-state index < -0.39 is 6.61 Å². The molecule has 0 bridgehead atoms. The van der Waals surface area contributed by atoms with Crippen molar-refractivity contribution >= 4 is 17.0 Å². The van der Waals surface area contributed by atoms with Crippen LogP contribution in [0.25, 0.3) is 11.0 Å². The van der Waals surface area contributed by atoms with E-state index in [1.54, 1.807) is 22.9 Å². The highest BCUT2D eigenvalue weighted by molar-refractivity contribution is 5.74. The third-order valence-electron chi connectivity index (χ3n) is 5.04. The number of aromatic amines is 1. The number of rotatable bonds is 4. The lowest BCUT2D eigenvalue weighted by atomic mass is 9.87. The molecule has 0 fully saturated rings. The summed E-state index contributed by atoms with van der Waals surface area (Å²) in [4.78, 5) is 19.9. The first-order valence-corrected chi connectivity index (χ1v) is 9.55. The molecule has 1 aliphatic carbocycles. The fraction of sp³-hybridized carbons (Fsp3) is 0.450. The average Bonchev–Trinajstić information content (AvgIpc) is 3.06. The summed E-state index contributed by atoms with van der Waals surface area (Å²) in [7, 11) is 0. The molecule has 2 heterocycles. The van der Waals surface area contributed by atoms with Gasteiger partial charge in [0.25, 0.3) is 5.56 Å². The van der Waals surface area contributed by atoms with Crippen molar-refractivity contribution in [2.45, 2.75) is 58.2 Å². The Morgan fingerprint density at radius 2 is 2.14 bits per heavy atom. The minimum Gasteiger partial charge on any atom is -0.435 e. The number of alkyl halides is 2. The van der Waals surface area contributed by atoms with E-state index >= 15 is 0 Å². The maximum absolute atomic E-state index is 12.5. The number of H-pyrrole nitrogens is 1. The number of ether oxygens (including phenoxy) is 1. The Hall–Kier alpha value is -2.97. The van der Waals surface area contributed by atoms with Gasteiger partial charge in [-0.3, -0.25) is 9.78 Å². The molecule has 4 rings (SSSR count). The van der Waals surface area contributed by atoms with Gasteiger partial charge < -0.3 is 10.1 Å². The van der Waals surface area contributed by atoms with Crippen molar-refractivity contribution in [3.63, 3.8) is 0 Å². The van der Waals surface area contributed by atoms with Crippen LogP contribution in [-0.4, -0.2) is 26.4 Å². The van der Waals surface area contributed by atoms with E-state index in [0.29, 0.717) is 17.0 Å². The van der Waals surface area contributed by atoms with Crippen molar-refractivity contribution in [1.29, 1.82) is 0 Å². The molecule has 1 unspecified atom stereocenters. The third-order valence-corrected chi connectivity index (χ3v) is 5.04. The molecule has 2 N–H and O–H groups in total. The van der Waals surface area contributed by atoms with E-state index in [0.717, 1.165) is 30.4 Å². The number of fused-ring (bicyclic) bond motifs is 2. The van der Waals surface area contributed by atoms with Crippen molar-refractivity contribution in [3.05, 3.63) is 45.9 Å². The molecule has 7 nitrogen and oxygen atoms in total. The second-order valence-corrected chi connectivity index (χ2v) is 8.21.